The van der Waals surface area contributed by atoms with Crippen molar-refractivity contribution in [1.82, 2.24) is 5.32 Å². The number of hydrogen-bond donors (Lipinski definition) is 1. The lowest BCUT2D eigenvalue weighted by molar-refractivity contribution is 0.0943. The molecular weight excluding hydrogens is 334 g/mol. The Hall–Kier alpha value is -2.89. The SMILES string of the molecule is COc1ccc(C(=O)NCCOc2ccc(C)c(C)c2)c(OC)c1OC. The molecule has 0 aliphatic heterocycles. The van der Waals surface area contributed by atoms with Crippen LogP contribution in [0.1, 0.15) is 21.5 Å². The quantitative estimate of drug-likeness (QED) is 0.734. The fourth-order valence-electron chi connectivity index (χ4n) is 2.51. The smallest absolute Gasteiger partial charge is 0.255 e. The van der Waals surface area contributed by atoms with Gasteiger partial charge in [0.25, 0.3) is 5.91 Å². The van der Waals surface area contributed by atoms with Crippen molar-refractivity contribution in [2.45, 2.75) is 13.8 Å². The molecule has 1 amide bonds. The third-order valence-electron chi connectivity index (χ3n) is 4.08. The molecule has 0 aliphatic rings. The Morgan fingerprint density at radius 1 is 0.923 bits per heavy atom. The number of aryl methyl sites for hydroxylation is 2. The molecule has 2 aromatic rings. The molecule has 0 aromatic heterocycles. The summed E-state index contributed by atoms with van der Waals surface area (Å²) < 4.78 is 21.5. The Balaban J connectivity index is 1.98. The summed E-state index contributed by atoms with van der Waals surface area (Å²) in [7, 11) is 4.51. The van der Waals surface area contributed by atoms with Gasteiger partial charge >= 0.3 is 0 Å². The molecule has 0 aliphatic carbocycles. The molecular formula is C20H25NO5. The van der Waals surface area contributed by atoms with E-state index >= 15 is 0 Å². The van der Waals surface area contributed by atoms with Crippen molar-refractivity contribution in [1.29, 1.82) is 0 Å². The summed E-state index contributed by atoms with van der Waals surface area (Å²) >= 11 is 0. The van der Waals surface area contributed by atoms with E-state index in [-0.39, 0.29) is 5.91 Å². The number of rotatable bonds is 8. The highest BCUT2D eigenvalue weighted by Gasteiger charge is 2.20. The summed E-state index contributed by atoms with van der Waals surface area (Å²) in [5.41, 5.74) is 2.75. The Bertz CT molecular complexity index is 773. The Morgan fingerprint density at radius 3 is 2.27 bits per heavy atom. The number of carbonyl (C=O) groups excluding carboxylic acids is 1. The van der Waals surface area contributed by atoms with Crippen LogP contribution in [0.2, 0.25) is 0 Å². The van der Waals surface area contributed by atoms with Gasteiger partial charge in [0.15, 0.2) is 11.5 Å². The second-order valence-corrected chi connectivity index (χ2v) is 5.73. The summed E-state index contributed by atoms with van der Waals surface area (Å²) in [6.45, 7) is 4.82. The molecule has 0 radical (unpaired) electrons. The maximum Gasteiger partial charge on any atom is 0.255 e. The molecule has 0 saturated carbocycles. The zero-order chi connectivity index (χ0) is 19.1. The van der Waals surface area contributed by atoms with Gasteiger partial charge in [-0.15, -0.1) is 0 Å². The molecule has 140 valence electrons. The van der Waals surface area contributed by atoms with Crippen molar-refractivity contribution < 1.29 is 23.7 Å². The highest BCUT2D eigenvalue weighted by molar-refractivity contribution is 5.98. The Morgan fingerprint density at radius 2 is 1.65 bits per heavy atom. The molecule has 0 fully saturated rings. The maximum atomic E-state index is 12.5. The minimum Gasteiger partial charge on any atom is -0.493 e. The molecule has 2 aromatic carbocycles. The molecule has 0 unspecified atom stereocenters. The molecule has 26 heavy (non-hydrogen) atoms. The summed E-state index contributed by atoms with van der Waals surface area (Å²) in [5.74, 6) is 1.73. The number of methoxy groups -OCH3 is 3. The van der Waals surface area contributed by atoms with E-state index in [4.69, 9.17) is 18.9 Å². The molecule has 0 atom stereocenters. The van der Waals surface area contributed by atoms with Crippen LogP contribution in [-0.4, -0.2) is 40.4 Å². The average Bonchev–Trinajstić information content (AvgIpc) is 2.66. The highest BCUT2D eigenvalue weighted by atomic mass is 16.5. The number of hydrogen-bond acceptors (Lipinski definition) is 5. The number of ether oxygens (including phenoxy) is 4. The van der Waals surface area contributed by atoms with Crippen molar-refractivity contribution in [3.8, 4) is 23.0 Å². The minimum absolute atomic E-state index is 0.272. The van der Waals surface area contributed by atoms with Crippen LogP contribution in [-0.2, 0) is 0 Å². The third kappa shape index (κ3) is 4.39. The fraction of sp³-hybridized carbons (Fsp3) is 0.350. The van der Waals surface area contributed by atoms with Crippen LogP contribution in [0.15, 0.2) is 30.3 Å². The predicted octanol–water partition coefficient (Wildman–Crippen LogP) is 3.14. The van der Waals surface area contributed by atoms with Gasteiger partial charge in [-0.3, -0.25) is 4.79 Å². The molecule has 6 heteroatoms. The van der Waals surface area contributed by atoms with Crippen LogP contribution < -0.4 is 24.3 Å². The van der Waals surface area contributed by atoms with E-state index in [1.807, 2.05) is 25.1 Å². The van der Waals surface area contributed by atoms with Gasteiger partial charge in [0, 0.05) is 0 Å². The first-order valence-electron chi connectivity index (χ1n) is 8.29. The lowest BCUT2D eigenvalue weighted by atomic mass is 10.1. The predicted molar refractivity (Wildman–Crippen MR) is 99.8 cm³/mol. The molecule has 0 bridgehead atoms. The van der Waals surface area contributed by atoms with E-state index in [0.29, 0.717) is 36.0 Å². The van der Waals surface area contributed by atoms with E-state index in [1.165, 1.54) is 32.5 Å². The van der Waals surface area contributed by atoms with E-state index < -0.39 is 0 Å². The van der Waals surface area contributed by atoms with Crippen LogP contribution in [0.4, 0.5) is 0 Å². The van der Waals surface area contributed by atoms with Gasteiger partial charge in [-0.25, -0.2) is 0 Å². The largest absolute Gasteiger partial charge is 0.493 e. The molecule has 0 heterocycles. The van der Waals surface area contributed by atoms with Crippen molar-refractivity contribution in [2.75, 3.05) is 34.5 Å². The maximum absolute atomic E-state index is 12.5. The highest BCUT2D eigenvalue weighted by Crippen LogP contribution is 2.39. The van der Waals surface area contributed by atoms with E-state index in [9.17, 15) is 4.79 Å². The fourth-order valence-corrected chi connectivity index (χ4v) is 2.51. The molecule has 2 rings (SSSR count). The number of carbonyl (C=O) groups is 1. The van der Waals surface area contributed by atoms with E-state index in [1.54, 1.807) is 12.1 Å². The van der Waals surface area contributed by atoms with Crippen molar-refractivity contribution in [2.24, 2.45) is 0 Å². The Labute approximate surface area is 154 Å². The van der Waals surface area contributed by atoms with Crippen LogP contribution in [0.3, 0.4) is 0 Å². The number of amides is 1. The third-order valence-corrected chi connectivity index (χ3v) is 4.08. The standard InChI is InChI=1S/C20H25NO5/c1-13-6-7-15(12-14(13)2)26-11-10-21-20(22)16-8-9-17(23-3)19(25-5)18(16)24-4/h6-9,12H,10-11H2,1-5H3,(H,21,22). The molecule has 6 nitrogen and oxygen atoms in total. The topological polar surface area (TPSA) is 66.0 Å². The zero-order valence-electron chi connectivity index (χ0n) is 15.8. The Kier molecular flexibility index (Phi) is 6.72. The lowest BCUT2D eigenvalue weighted by Gasteiger charge is -2.15. The van der Waals surface area contributed by atoms with Gasteiger partial charge in [-0.05, 0) is 49.2 Å². The van der Waals surface area contributed by atoms with Crippen LogP contribution in [0.5, 0.6) is 23.0 Å². The molecule has 1 N–H and O–H groups in total. The van der Waals surface area contributed by atoms with Crippen LogP contribution in [0, 0.1) is 13.8 Å². The number of nitrogens with one attached hydrogen (secondary N) is 1. The van der Waals surface area contributed by atoms with Crippen molar-refractivity contribution >= 4 is 5.91 Å². The van der Waals surface area contributed by atoms with Gasteiger partial charge in [0.05, 0.1) is 33.4 Å². The second kappa shape index (κ2) is 8.99. The van der Waals surface area contributed by atoms with Crippen molar-refractivity contribution in [3.05, 3.63) is 47.0 Å². The van der Waals surface area contributed by atoms with E-state index in [2.05, 4.69) is 12.2 Å². The summed E-state index contributed by atoms with van der Waals surface area (Å²) in [6.07, 6.45) is 0. The second-order valence-electron chi connectivity index (χ2n) is 5.73. The van der Waals surface area contributed by atoms with Crippen LogP contribution >= 0.6 is 0 Å². The average molecular weight is 359 g/mol. The number of benzene rings is 2. The van der Waals surface area contributed by atoms with Crippen LogP contribution in [0.25, 0.3) is 0 Å². The van der Waals surface area contributed by atoms with E-state index in [0.717, 1.165) is 5.75 Å². The van der Waals surface area contributed by atoms with Crippen molar-refractivity contribution in [3.63, 3.8) is 0 Å². The van der Waals surface area contributed by atoms with Gasteiger partial charge in [0.2, 0.25) is 5.75 Å². The molecule has 0 saturated heterocycles. The summed E-state index contributed by atoms with van der Waals surface area (Å²) in [5, 5.41) is 2.82. The first-order valence-corrected chi connectivity index (χ1v) is 8.29. The van der Waals surface area contributed by atoms with Gasteiger partial charge in [-0.2, -0.15) is 0 Å². The zero-order valence-corrected chi connectivity index (χ0v) is 15.8. The first-order chi connectivity index (χ1) is 12.5. The van der Waals surface area contributed by atoms with Gasteiger partial charge in [-0.1, -0.05) is 6.07 Å². The minimum atomic E-state index is -0.272. The summed E-state index contributed by atoms with van der Waals surface area (Å²) in [4.78, 5) is 12.5. The summed E-state index contributed by atoms with van der Waals surface area (Å²) in [6, 6.07) is 9.22. The first kappa shape index (κ1) is 19.4. The van der Waals surface area contributed by atoms with Gasteiger partial charge in [0.1, 0.15) is 12.4 Å². The molecule has 0 spiro atoms. The van der Waals surface area contributed by atoms with Gasteiger partial charge < -0.3 is 24.3 Å². The monoisotopic (exact) mass is 359 g/mol. The lowest BCUT2D eigenvalue weighted by Crippen LogP contribution is -2.28. The normalized spacial score (nSPS) is 10.2.